The van der Waals surface area contributed by atoms with E-state index in [2.05, 4.69) is 43.8 Å². The van der Waals surface area contributed by atoms with Crippen molar-refractivity contribution in [3.05, 3.63) is 31.8 Å². The van der Waals surface area contributed by atoms with Crippen LogP contribution in [0.15, 0.2) is 22.7 Å². The molecule has 1 aromatic carbocycles. The van der Waals surface area contributed by atoms with Gasteiger partial charge in [-0.2, -0.15) is 0 Å². The van der Waals surface area contributed by atoms with E-state index in [0.717, 1.165) is 26.4 Å². The van der Waals surface area contributed by atoms with E-state index in [4.69, 9.17) is 0 Å². The van der Waals surface area contributed by atoms with Gasteiger partial charge in [-0.3, -0.25) is 4.79 Å². The quantitative estimate of drug-likeness (QED) is 0.804. The molecule has 0 radical (unpaired) electrons. The summed E-state index contributed by atoms with van der Waals surface area (Å²) < 4.78 is 2.17. The smallest absolute Gasteiger partial charge is 0.224 e. The van der Waals surface area contributed by atoms with Crippen LogP contribution < -0.4 is 5.32 Å². The lowest BCUT2D eigenvalue weighted by Gasteiger charge is -2.06. The highest BCUT2D eigenvalue weighted by molar-refractivity contribution is 14.1. The maximum absolute atomic E-state index is 11.6. The summed E-state index contributed by atoms with van der Waals surface area (Å²) in [4.78, 5) is 11.6. The number of hydrogen-bond acceptors (Lipinski definition) is 1. The van der Waals surface area contributed by atoms with Crippen molar-refractivity contribution in [1.29, 1.82) is 0 Å². The molecule has 0 bridgehead atoms. The van der Waals surface area contributed by atoms with Crippen molar-refractivity contribution in [2.75, 3.05) is 0 Å². The normalized spacial score (nSPS) is 15.1. The monoisotopic (exact) mass is 379 g/mol. The highest BCUT2D eigenvalue weighted by Gasteiger charge is 2.23. The van der Waals surface area contributed by atoms with E-state index >= 15 is 0 Å². The second-order valence-corrected chi connectivity index (χ2v) is 5.83. The molecule has 0 saturated heterocycles. The molecule has 4 heteroatoms. The van der Waals surface area contributed by atoms with E-state index < -0.39 is 0 Å². The highest BCUT2D eigenvalue weighted by atomic mass is 127. The summed E-state index contributed by atoms with van der Waals surface area (Å²) in [6.45, 7) is 0. The first kappa shape index (κ1) is 11.4. The van der Waals surface area contributed by atoms with Crippen LogP contribution in [0.25, 0.3) is 0 Å². The van der Waals surface area contributed by atoms with Gasteiger partial charge in [0.25, 0.3) is 0 Å². The molecule has 1 fully saturated rings. The van der Waals surface area contributed by atoms with Gasteiger partial charge in [0.15, 0.2) is 0 Å². The van der Waals surface area contributed by atoms with Crippen LogP contribution in [0.2, 0.25) is 0 Å². The molecule has 2 rings (SSSR count). The predicted octanol–water partition coefficient (Wildman–Crippen LogP) is 2.87. The number of hydrogen-bond donors (Lipinski definition) is 1. The van der Waals surface area contributed by atoms with Gasteiger partial charge in [-0.05, 0) is 59.2 Å². The largest absolute Gasteiger partial charge is 0.353 e. The van der Waals surface area contributed by atoms with Crippen LogP contribution in [0, 0.1) is 3.57 Å². The second kappa shape index (κ2) is 4.82. The zero-order valence-corrected chi connectivity index (χ0v) is 11.8. The van der Waals surface area contributed by atoms with Crippen molar-refractivity contribution >= 4 is 44.4 Å². The molecule has 0 heterocycles. The molecule has 0 spiro atoms. The summed E-state index contributed by atoms with van der Waals surface area (Å²) in [5, 5.41) is 2.99. The van der Waals surface area contributed by atoms with Crippen molar-refractivity contribution in [2.45, 2.75) is 25.3 Å². The molecule has 1 saturated carbocycles. The lowest BCUT2D eigenvalue weighted by Crippen LogP contribution is -2.27. The molecule has 0 aliphatic heterocycles. The second-order valence-electron chi connectivity index (χ2n) is 3.75. The molecule has 1 N–H and O–H groups in total. The van der Waals surface area contributed by atoms with Gasteiger partial charge < -0.3 is 5.32 Å². The number of carbonyl (C=O) groups is 1. The molecule has 1 aromatic rings. The molecule has 15 heavy (non-hydrogen) atoms. The Balaban J connectivity index is 2.01. The molecule has 1 aliphatic carbocycles. The van der Waals surface area contributed by atoms with E-state index in [-0.39, 0.29) is 5.91 Å². The van der Waals surface area contributed by atoms with Gasteiger partial charge >= 0.3 is 0 Å². The third-order valence-electron chi connectivity index (χ3n) is 2.30. The van der Waals surface area contributed by atoms with Crippen LogP contribution in [0.3, 0.4) is 0 Å². The van der Waals surface area contributed by atoms with Crippen LogP contribution in [-0.4, -0.2) is 11.9 Å². The third-order valence-corrected chi connectivity index (χ3v) is 3.85. The Labute approximate surface area is 111 Å². The standard InChI is InChI=1S/C11H11BrINO/c12-8-1-4-10(13)7(5-8)6-11(15)14-9-2-3-9/h1,4-5,9H,2-3,6H2,(H,14,15). The van der Waals surface area contributed by atoms with Gasteiger partial charge in [0.05, 0.1) is 6.42 Å². The van der Waals surface area contributed by atoms with E-state index in [9.17, 15) is 4.79 Å². The van der Waals surface area contributed by atoms with Crippen molar-refractivity contribution in [2.24, 2.45) is 0 Å². The van der Waals surface area contributed by atoms with Gasteiger partial charge in [-0.15, -0.1) is 0 Å². The van der Waals surface area contributed by atoms with E-state index in [0.29, 0.717) is 12.5 Å². The molecule has 2 nitrogen and oxygen atoms in total. The minimum atomic E-state index is 0.133. The molecule has 1 aliphatic rings. The number of carbonyl (C=O) groups excluding carboxylic acids is 1. The molecular weight excluding hydrogens is 369 g/mol. The molecule has 0 aromatic heterocycles. The fourth-order valence-corrected chi connectivity index (χ4v) is 2.29. The van der Waals surface area contributed by atoms with Gasteiger partial charge in [-0.1, -0.05) is 15.9 Å². The number of rotatable bonds is 3. The number of amides is 1. The predicted molar refractivity (Wildman–Crippen MR) is 71.7 cm³/mol. The Morgan fingerprint density at radius 2 is 2.27 bits per heavy atom. The average Bonchev–Trinajstić information content (AvgIpc) is 2.95. The van der Waals surface area contributed by atoms with E-state index in [1.165, 1.54) is 0 Å². The first-order valence-electron chi connectivity index (χ1n) is 4.88. The summed E-state index contributed by atoms with van der Waals surface area (Å²) >= 11 is 5.67. The van der Waals surface area contributed by atoms with Gasteiger partial charge in [0, 0.05) is 14.1 Å². The number of nitrogens with one attached hydrogen (secondary N) is 1. The summed E-state index contributed by atoms with van der Waals surface area (Å²) in [6.07, 6.45) is 2.76. The van der Waals surface area contributed by atoms with Crippen LogP contribution in [-0.2, 0) is 11.2 Å². The van der Waals surface area contributed by atoms with E-state index in [1.807, 2.05) is 18.2 Å². The first-order chi connectivity index (χ1) is 7.15. The van der Waals surface area contributed by atoms with Gasteiger partial charge in [-0.25, -0.2) is 0 Å². The van der Waals surface area contributed by atoms with Crippen LogP contribution in [0.4, 0.5) is 0 Å². The summed E-state index contributed by atoms with van der Waals surface area (Å²) in [6, 6.07) is 6.46. The zero-order valence-electron chi connectivity index (χ0n) is 8.09. The molecule has 80 valence electrons. The fourth-order valence-electron chi connectivity index (χ4n) is 1.36. The Morgan fingerprint density at radius 3 is 2.93 bits per heavy atom. The lowest BCUT2D eigenvalue weighted by atomic mass is 10.1. The third kappa shape index (κ3) is 3.45. The Bertz CT molecular complexity index is 390. The lowest BCUT2D eigenvalue weighted by molar-refractivity contribution is -0.120. The summed E-state index contributed by atoms with van der Waals surface area (Å²) in [5.74, 6) is 0.133. The Kier molecular flexibility index (Phi) is 3.66. The SMILES string of the molecule is O=C(Cc1cc(Br)ccc1I)NC1CC1. The van der Waals surface area contributed by atoms with Gasteiger partial charge in [0.2, 0.25) is 5.91 Å². The van der Waals surface area contributed by atoms with E-state index in [1.54, 1.807) is 0 Å². The average molecular weight is 380 g/mol. The highest BCUT2D eigenvalue weighted by Crippen LogP contribution is 2.21. The molecular formula is C11H11BrINO. The number of halogens is 2. The molecule has 1 amide bonds. The molecule has 0 unspecified atom stereocenters. The minimum Gasteiger partial charge on any atom is -0.353 e. The van der Waals surface area contributed by atoms with Gasteiger partial charge in [0.1, 0.15) is 0 Å². The zero-order chi connectivity index (χ0) is 10.8. The summed E-state index contributed by atoms with van der Waals surface area (Å²) in [7, 11) is 0. The topological polar surface area (TPSA) is 29.1 Å². The Hall–Kier alpha value is -0.100. The Morgan fingerprint density at radius 1 is 1.53 bits per heavy atom. The van der Waals surface area contributed by atoms with Crippen molar-refractivity contribution in [3.63, 3.8) is 0 Å². The minimum absolute atomic E-state index is 0.133. The van der Waals surface area contributed by atoms with Crippen LogP contribution >= 0.6 is 38.5 Å². The maximum Gasteiger partial charge on any atom is 0.224 e. The van der Waals surface area contributed by atoms with Crippen LogP contribution in [0.1, 0.15) is 18.4 Å². The first-order valence-corrected chi connectivity index (χ1v) is 6.75. The van der Waals surface area contributed by atoms with Crippen molar-refractivity contribution in [1.82, 2.24) is 5.32 Å². The molecule has 0 atom stereocenters. The number of benzene rings is 1. The maximum atomic E-state index is 11.6. The van der Waals surface area contributed by atoms with Crippen LogP contribution in [0.5, 0.6) is 0 Å². The van der Waals surface area contributed by atoms with Crippen molar-refractivity contribution in [3.8, 4) is 0 Å². The fraction of sp³-hybridized carbons (Fsp3) is 0.364. The summed E-state index contributed by atoms with van der Waals surface area (Å²) in [5.41, 5.74) is 1.09. The van der Waals surface area contributed by atoms with Crippen molar-refractivity contribution < 1.29 is 4.79 Å².